The number of rotatable bonds is 7. The Bertz CT molecular complexity index is 458. The van der Waals surface area contributed by atoms with E-state index in [1.165, 1.54) is 12.1 Å². The van der Waals surface area contributed by atoms with Crippen molar-refractivity contribution in [1.29, 1.82) is 0 Å². The van der Waals surface area contributed by atoms with Crippen LogP contribution in [0.5, 0.6) is 0 Å². The lowest BCUT2D eigenvalue weighted by Gasteiger charge is -2.20. The van der Waals surface area contributed by atoms with Gasteiger partial charge < -0.3 is 16.2 Å². The Labute approximate surface area is 114 Å². The standard InChI is InChI=1S/C12H16F3N3O2/c13-9-2-1-8(5-10(9)16)17-12(20)7-18(3-4-19)6-11(14)15/h1-2,5,11,19H,3-4,6-7,16H2,(H,17,20). The number of nitrogens with zero attached hydrogens (tertiary/aromatic N) is 1. The molecule has 0 fully saturated rings. The fraction of sp³-hybridized carbons (Fsp3) is 0.417. The zero-order valence-electron chi connectivity index (χ0n) is 10.7. The lowest BCUT2D eigenvalue weighted by atomic mass is 10.2. The molecule has 1 aromatic carbocycles. The van der Waals surface area contributed by atoms with Gasteiger partial charge in [-0.15, -0.1) is 0 Å². The van der Waals surface area contributed by atoms with Gasteiger partial charge in [-0.1, -0.05) is 0 Å². The summed E-state index contributed by atoms with van der Waals surface area (Å²) in [5.74, 6) is -1.16. The van der Waals surface area contributed by atoms with Crippen LogP contribution in [-0.4, -0.2) is 48.6 Å². The number of aliphatic hydroxyl groups is 1. The Morgan fingerprint density at radius 3 is 2.70 bits per heavy atom. The Hall–Kier alpha value is -1.80. The highest BCUT2D eigenvalue weighted by atomic mass is 19.3. The predicted octanol–water partition coefficient (Wildman–Crippen LogP) is 0.906. The number of carbonyl (C=O) groups excluding carboxylic acids is 1. The zero-order valence-corrected chi connectivity index (χ0v) is 10.7. The van der Waals surface area contributed by atoms with Gasteiger partial charge in [-0.25, -0.2) is 13.2 Å². The molecule has 0 atom stereocenters. The molecule has 0 aliphatic carbocycles. The third kappa shape index (κ3) is 5.45. The molecule has 0 heterocycles. The largest absolute Gasteiger partial charge is 0.396 e. The van der Waals surface area contributed by atoms with Gasteiger partial charge in [0.1, 0.15) is 5.82 Å². The summed E-state index contributed by atoms with van der Waals surface area (Å²) < 4.78 is 37.5. The molecule has 0 spiro atoms. The van der Waals surface area contributed by atoms with Gasteiger partial charge in [0.2, 0.25) is 5.91 Å². The summed E-state index contributed by atoms with van der Waals surface area (Å²) in [5.41, 5.74) is 5.49. The Morgan fingerprint density at radius 2 is 2.15 bits per heavy atom. The average molecular weight is 291 g/mol. The molecule has 0 aliphatic heterocycles. The molecule has 0 radical (unpaired) electrons. The highest BCUT2D eigenvalue weighted by Crippen LogP contribution is 2.16. The molecule has 1 amide bonds. The van der Waals surface area contributed by atoms with Crippen LogP contribution in [0.3, 0.4) is 0 Å². The van der Waals surface area contributed by atoms with Crippen molar-refractivity contribution < 1.29 is 23.1 Å². The number of hydrogen-bond acceptors (Lipinski definition) is 4. The SMILES string of the molecule is Nc1cc(NC(=O)CN(CCO)CC(F)F)ccc1F. The first kappa shape index (κ1) is 16.3. The molecule has 8 heteroatoms. The van der Waals surface area contributed by atoms with Gasteiger partial charge in [0.25, 0.3) is 6.43 Å². The van der Waals surface area contributed by atoms with E-state index in [0.29, 0.717) is 0 Å². The number of anilines is 2. The number of alkyl halides is 2. The van der Waals surface area contributed by atoms with Gasteiger partial charge in [-0.3, -0.25) is 9.69 Å². The molecule has 1 rings (SSSR count). The second-order valence-corrected chi connectivity index (χ2v) is 4.13. The number of nitrogens with one attached hydrogen (secondary N) is 1. The first-order chi connectivity index (χ1) is 9.42. The Kier molecular flexibility index (Phi) is 6.26. The minimum Gasteiger partial charge on any atom is -0.396 e. The van der Waals surface area contributed by atoms with Gasteiger partial charge >= 0.3 is 0 Å². The third-order valence-corrected chi connectivity index (χ3v) is 2.46. The molecule has 0 saturated carbocycles. The molecule has 112 valence electrons. The number of amides is 1. The molecule has 5 nitrogen and oxygen atoms in total. The number of carbonyl (C=O) groups is 1. The van der Waals surface area contributed by atoms with E-state index in [-0.39, 0.29) is 31.1 Å². The van der Waals surface area contributed by atoms with Crippen molar-refractivity contribution >= 4 is 17.3 Å². The van der Waals surface area contributed by atoms with Crippen molar-refractivity contribution in [1.82, 2.24) is 4.90 Å². The fourth-order valence-corrected chi connectivity index (χ4v) is 1.60. The zero-order chi connectivity index (χ0) is 15.1. The van der Waals surface area contributed by atoms with Gasteiger partial charge in [0.05, 0.1) is 25.4 Å². The lowest BCUT2D eigenvalue weighted by Crippen LogP contribution is -2.38. The Balaban J connectivity index is 2.58. The number of nitrogen functional groups attached to an aromatic ring is 1. The second-order valence-electron chi connectivity index (χ2n) is 4.13. The van der Waals surface area contributed by atoms with Gasteiger partial charge in [-0.2, -0.15) is 0 Å². The summed E-state index contributed by atoms with van der Waals surface area (Å²) in [5, 5.41) is 11.2. The topological polar surface area (TPSA) is 78.6 Å². The van der Waals surface area contributed by atoms with Crippen molar-refractivity contribution in [3.8, 4) is 0 Å². The monoisotopic (exact) mass is 291 g/mol. The number of halogens is 3. The van der Waals surface area contributed by atoms with Crippen LogP contribution in [0.25, 0.3) is 0 Å². The second kappa shape index (κ2) is 7.71. The van der Waals surface area contributed by atoms with Crippen LogP contribution >= 0.6 is 0 Å². The highest BCUT2D eigenvalue weighted by molar-refractivity contribution is 5.92. The molecule has 0 unspecified atom stereocenters. The predicted molar refractivity (Wildman–Crippen MR) is 69.0 cm³/mol. The molecule has 0 saturated heterocycles. The van der Waals surface area contributed by atoms with E-state index in [0.717, 1.165) is 11.0 Å². The number of nitrogens with two attached hydrogens (primary N) is 1. The van der Waals surface area contributed by atoms with Gasteiger partial charge in [-0.05, 0) is 18.2 Å². The van der Waals surface area contributed by atoms with Crippen molar-refractivity contribution in [3.63, 3.8) is 0 Å². The highest BCUT2D eigenvalue weighted by Gasteiger charge is 2.15. The molecule has 0 bridgehead atoms. The smallest absolute Gasteiger partial charge is 0.251 e. The molecular weight excluding hydrogens is 275 g/mol. The van der Waals surface area contributed by atoms with E-state index < -0.39 is 24.7 Å². The van der Waals surface area contributed by atoms with Gasteiger partial charge in [0, 0.05) is 12.2 Å². The van der Waals surface area contributed by atoms with Crippen LogP contribution in [0.2, 0.25) is 0 Å². The van der Waals surface area contributed by atoms with E-state index in [2.05, 4.69) is 5.32 Å². The summed E-state index contributed by atoms with van der Waals surface area (Å²) in [6.45, 7) is -1.28. The van der Waals surface area contributed by atoms with E-state index in [1.54, 1.807) is 0 Å². The molecule has 0 aromatic heterocycles. The first-order valence-electron chi connectivity index (χ1n) is 5.88. The van der Waals surface area contributed by atoms with Crippen LogP contribution in [0.4, 0.5) is 24.5 Å². The minimum atomic E-state index is -2.60. The molecule has 4 N–H and O–H groups in total. The minimum absolute atomic E-state index is 0.0384. The van der Waals surface area contributed by atoms with Crippen LogP contribution in [0.1, 0.15) is 0 Å². The van der Waals surface area contributed by atoms with Crippen LogP contribution in [0.15, 0.2) is 18.2 Å². The maximum atomic E-state index is 12.9. The number of aliphatic hydroxyl groups excluding tert-OH is 1. The van der Waals surface area contributed by atoms with Crippen LogP contribution in [0, 0.1) is 5.82 Å². The molecule has 20 heavy (non-hydrogen) atoms. The quantitative estimate of drug-likeness (QED) is 0.652. The number of benzene rings is 1. The van der Waals surface area contributed by atoms with E-state index >= 15 is 0 Å². The Morgan fingerprint density at radius 1 is 1.45 bits per heavy atom. The maximum absolute atomic E-state index is 12.9. The van der Waals surface area contributed by atoms with Gasteiger partial charge in [0.15, 0.2) is 0 Å². The summed E-state index contributed by atoms with van der Waals surface area (Å²) in [6, 6.07) is 3.64. The molecule has 0 aliphatic rings. The normalized spacial score (nSPS) is 11.1. The lowest BCUT2D eigenvalue weighted by molar-refractivity contribution is -0.117. The van der Waals surface area contributed by atoms with Crippen molar-refractivity contribution in [3.05, 3.63) is 24.0 Å². The van der Waals surface area contributed by atoms with Crippen LogP contribution in [-0.2, 0) is 4.79 Å². The van der Waals surface area contributed by atoms with Crippen molar-refractivity contribution in [2.45, 2.75) is 6.43 Å². The molecular formula is C12H16F3N3O2. The maximum Gasteiger partial charge on any atom is 0.251 e. The van der Waals surface area contributed by atoms with E-state index in [9.17, 15) is 18.0 Å². The summed E-state index contributed by atoms with van der Waals surface area (Å²) in [7, 11) is 0. The fourth-order valence-electron chi connectivity index (χ4n) is 1.60. The van der Waals surface area contributed by atoms with Crippen molar-refractivity contribution in [2.24, 2.45) is 0 Å². The average Bonchev–Trinajstić information content (AvgIpc) is 2.33. The van der Waals surface area contributed by atoms with E-state index in [1.807, 2.05) is 0 Å². The number of hydrogen-bond donors (Lipinski definition) is 3. The first-order valence-corrected chi connectivity index (χ1v) is 5.88. The van der Waals surface area contributed by atoms with Crippen LogP contribution < -0.4 is 11.1 Å². The van der Waals surface area contributed by atoms with Crippen molar-refractivity contribution in [2.75, 3.05) is 37.3 Å². The third-order valence-electron chi connectivity index (χ3n) is 2.46. The summed E-state index contributed by atoms with van der Waals surface area (Å²) in [4.78, 5) is 12.8. The molecule has 1 aromatic rings. The summed E-state index contributed by atoms with van der Waals surface area (Å²) >= 11 is 0. The summed E-state index contributed by atoms with van der Waals surface area (Å²) in [6.07, 6.45) is -2.60. The van der Waals surface area contributed by atoms with E-state index in [4.69, 9.17) is 10.8 Å².